The van der Waals surface area contributed by atoms with Crippen molar-refractivity contribution in [2.45, 2.75) is 42.1 Å². The molecular weight excluding hydrogens is 703 g/mol. The van der Waals surface area contributed by atoms with Crippen LogP contribution in [0.3, 0.4) is 0 Å². The highest BCUT2D eigenvalue weighted by Gasteiger charge is 2.35. The van der Waals surface area contributed by atoms with E-state index in [4.69, 9.17) is 0 Å². The maximum absolute atomic E-state index is 13.8. The predicted molar refractivity (Wildman–Crippen MR) is 195 cm³/mol. The van der Waals surface area contributed by atoms with Crippen LogP contribution in [0.25, 0.3) is 11.1 Å². The van der Waals surface area contributed by atoms with Gasteiger partial charge in [0.05, 0.1) is 10.5 Å². The second-order valence-corrected chi connectivity index (χ2v) is 16.6. The first-order valence-electron chi connectivity index (χ1n) is 16.8. The Morgan fingerprint density at radius 2 is 1.31 bits per heavy atom. The number of phenols is 3. The second kappa shape index (κ2) is 14.1. The van der Waals surface area contributed by atoms with Crippen LogP contribution in [-0.2, 0) is 52.4 Å². The Hall–Kier alpha value is -5.21. The minimum absolute atomic E-state index is 0.0292. The van der Waals surface area contributed by atoms with Crippen molar-refractivity contribution in [1.29, 1.82) is 0 Å². The summed E-state index contributed by atoms with van der Waals surface area (Å²) < 4.78 is 57.9. The number of nitrogens with one attached hydrogen (secondary N) is 1. The number of phenolic OH excluding ortho intramolecular Hbond substituents is 3. The monoisotopic (exact) mass is 739 g/mol. The third kappa shape index (κ3) is 6.87. The summed E-state index contributed by atoms with van der Waals surface area (Å²) in [5.41, 5.74) is 5.85. The molecule has 0 radical (unpaired) electrons. The third-order valence-electron chi connectivity index (χ3n) is 9.71. The van der Waals surface area contributed by atoms with Crippen molar-refractivity contribution in [3.05, 3.63) is 137 Å². The van der Waals surface area contributed by atoms with Crippen molar-refractivity contribution in [2.75, 3.05) is 19.6 Å². The minimum Gasteiger partial charge on any atom is -0.504 e. The maximum atomic E-state index is 13.8. The number of aromatic hydroxyl groups is 3. The molecule has 1 amide bonds. The molecule has 4 N–H and O–H groups in total. The Morgan fingerprint density at radius 3 is 2.06 bits per heavy atom. The lowest BCUT2D eigenvalue weighted by molar-refractivity contribution is 0.0730. The Balaban J connectivity index is 1.05. The molecule has 5 aromatic carbocycles. The average Bonchev–Trinajstić information content (AvgIpc) is 3.16. The van der Waals surface area contributed by atoms with E-state index in [0.29, 0.717) is 24.8 Å². The second-order valence-electron chi connectivity index (χ2n) is 12.9. The number of hydrogen-bond acceptors (Lipinski definition) is 8. The number of fused-ring (bicyclic) bond motifs is 2. The molecule has 0 fully saturated rings. The molecule has 0 saturated heterocycles. The van der Waals surface area contributed by atoms with E-state index in [0.717, 1.165) is 43.8 Å². The number of carbonyl (C=O) groups excluding carboxylic acids is 1. The third-order valence-corrected chi connectivity index (χ3v) is 13.0. The first kappa shape index (κ1) is 35.2. The van der Waals surface area contributed by atoms with Gasteiger partial charge < -0.3 is 20.2 Å². The fraction of sp³-hybridized carbons (Fsp3) is 0.205. The number of carbonyl (C=O) groups is 1. The summed E-state index contributed by atoms with van der Waals surface area (Å²) in [4.78, 5) is 14.5. The van der Waals surface area contributed by atoms with Gasteiger partial charge in [0, 0.05) is 32.7 Å². The van der Waals surface area contributed by atoms with Crippen molar-refractivity contribution in [3.8, 4) is 28.4 Å². The van der Waals surface area contributed by atoms with Gasteiger partial charge in [-0.1, -0.05) is 84.9 Å². The molecular formula is C39H37N3O8S2. The van der Waals surface area contributed by atoms with Crippen LogP contribution in [0.5, 0.6) is 17.2 Å². The zero-order chi connectivity index (χ0) is 36.6. The molecule has 0 saturated carbocycles. The zero-order valence-corrected chi connectivity index (χ0v) is 29.7. The van der Waals surface area contributed by atoms with Crippen LogP contribution in [0, 0.1) is 0 Å². The Kier molecular flexibility index (Phi) is 9.53. The molecule has 268 valence electrons. The summed E-state index contributed by atoms with van der Waals surface area (Å²) in [5.74, 6) is -3.91. The zero-order valence-electron chi connectivity index (χ0n) is 28.1. The van der Waals surface area contributed by atoms with E-state index >= 15 is 0 Å². The minimum atomic E-state index is -4.40. The SMILES string of the molecule is O=C(c1cc(S(=O)(=O)N2CCc3ccccc3C2)c(O)c(O)c1O)N1CCc2ccc(S(=O)(=O)NCCc3ccc(-c4ccccc4)cc3)cc2C1. The lowest BCUT2D eigenvalue weighted by Crippen LogP contribution is -2.37. The summed E-state index contributed by atoms with van der Waals surface area (Å²) in [6.45, 7) is 0.485. The number of rotatable bonds is 9. The molecule has 2 aliphatic rings. The molecule has 0 bridgehead atoms. The summed E-state index contributed by atoms with van der Waals surface area (Å²) in [7, 11) is -8.30. The van der Waals surface area contributed by atoms with Crippen LogP contribution in [0.15, 0.2) is 113 Å². The number of amides is 1. The fourth-order valence-corrected chi connectivity index (χ4v) is 9.36. The van der Waals surface area contributed by atoms with E-state index in [2.05, 4.69) is 4.72 Å². The van der Waals surface area contributed by atoms with Gasteiger partial charge in [-0.3, -0.25) is 4.79 Å². The van der Waals surface area contributed by atoms with E-state index in [1.54, 1.807) is 12.1 Å². The molecule has 2 heterocycles. The molecule has 13 heteroatoms. The van der Waals surface area contributed by atoms with Crippen LogP contribution in [0.1, 0.15) is 38.2 Å². The highest BCUT2D eigenvalue weighted by Crippen LogP contribution is 2.44. The largest absolute Gasteiger partial charge is 0.504 e. The number of nitrogens with zero attached hydrogens (tertiary/aromatic N) is 2. The van der Waals surface area contributed by atoms with Crippen LogP contribution >= 0.6 is 0 Å². The summed E-state index contributed by atoms with van der Waals surface area (Å²) >= 11 is 0. The van der Waals surface area contributed by atoms with Gasteiger partial charge in [0.25, 0.3) is 5.91 Å². The molecule has 0 atom stereocenters. The van der Waals surface area contributed by atoms with E-state index in [-0.39, 0.29) is 37.6 Å². The van der Waals surface area contributed by atoms with Gasteiger partial charge >= 0.3 is 0 Å². The summed E-state index contributed by atoms with van der Waals surface area (Å²) in [6.07, 6.45) is 1.29. The summed E-state index contributed by atoms with van der Waals surface area (Å²) in [5, 5.41) is 32.0. The molecule has 0 aliphatic carbocycles. The van der Waals surface area contributed by atoms with Gasteiger partial charge in [0.1, 0.15) is 4.90 Å². The lowest BCUT2D eigenvalue weighted by Gasteiger charge is -2.30. The van der Waals surface area contributed by atoms with Crippen LogP contribution < -0.4 is 4.72 Å². The number of sulfonamides is 2. The van der Waals surface area contributed by atoms with Gasteiger partial charge in [-0.05, 0) is 76.4 Å². The molecule has 0 unspecified atom stereocenters. The molecule has 52 heavy (non-hydrogen) atoms. The Morgan fingerprint density at radius 1 is 0.654 bits per heavy atom. The fourth-order valence-electron chi connectivity index (χ4n) is 6.75. The highest BCUT2D eigenvalue weighted by molar-refractivity contribution is 7.89. The van der Waals surface area contributed by atoms with Crippen molar-refractivity contribution >= 4 is 26.0 Å². The Bertz CT molecular complexity index is 2380. The van der Waals surface area contributed by atoms with E-state index in [1.807, 2.05) is 72.8 Å². The predicted octanol–water partition coefficient (Wildman–Crippen LogP) is 4.94. The smallest absolute Gasteiger partial charge is 0.258 e. The van der Waals surface area contributed by atoms with Gasteiger partial charge in [-0.15, -0.1) is 0 Å². The van der Waals surface area contributed by atoms with Crippen molar-refractivity contribution < 1.29 is 36.9 Å². The van der Waals surface area contributed by atoms with E-state index in [1.165, 1.54) is 17.0 Å². The van der Waals surface area contributed by atoms with Gasteiger partial charge in [0.2, 0.25) is 25.8 Å². The maximum Gasteiger partial charge on any atom is 0.258 e. The van der Waals surface area contributed by atoms with Crippen LogP contribution in [0.4, 0.5) is 0 Å². The van der Waals surface area contributed by atoms with E-state index < -0.39 is 53.7 Å². The topological polar surface area (TPSA) is 165 Å². The van der Waals surface area contributed by atoms with Crippen molar-refractivity contribution in [2.24, 2.45) is 0 Å². The number of hydrogen-bond donors (Lipinski definition) is 4. The average molecular weight is 740 g/mol. The number of benzene rings is 5. The lowest BCUT2D eigenvalue weighted by atomic mass is 9.99. The summed E-state index contributed by atoms with van der Waals surface area (Å²) in [6, 6.07) is 30.9. The van der Waals surface area contributed by atoms with Crippen LogP contribution in [-0.4, -0.2) is 66.9 Å². The van der Waals surface area contributed by atoms with Gasteiger partial charge in [-0.25, -0.2) is 21.6 Å². The molecule has 5 aromatic rings. The first-order chi connectivity index (χ1) is 24.9. The quantitative estimate of drug-likeness (QED) is 0.155. The molecule has 11 nitrogen and oxygen atoms in total. The molecule has 2 aliphatic heterocycles. The van der Waals surface area contributed by atoms with Gasteiger partial charge in [-0.2, -0.15) is 4.31 Å². The Labute approximate surface area is 302 Å². The van der Waals surface area contributed by atoms with Gasteiger partial charge in [0.15, 0.2) is 11.5 Å². The normalized spacial score (nSPS) is 14.8. The molecule has 0 spiro atoms. The van der Waals surface area contributed by atoms with Crippen LogP contribution in [0.2, 0.25) is 0 Å². The highest BCUT2D eigenvalue weighted by atomic mass is 32.2. The molecule has 7 rings (SSSR count). The molecule has 0 aromatic heterocycles. The van der Waals surface area contributed by atoms with E-state index in [9.17, 15) is 36.9 Å². The van der Waals surface area contributed by atoms with Crippen molar-refractivity contribution in [3.63, 3.8) is 0 Å². The standard InChI is InChI=1S/C39H37N3O8S2/c43-36-34(23-35(37(44)38(36)45)52(49,50)42-21-18-28-8-4-5-9-31(28)25-42)39(46)41-20-17-30-14-15-33(22-32(30)24-41)51(47,48)40-19-16-26-10-12-29(13-11-26)27-6-2-1-3-7-27/h1-15,22-23,40,43-45H,16-21,24-25H2. The van der Waals surface area contributed by atoms with Crippen molar-refractivity contribution in [1.82, 2.24) is 13.9 Å². The first-order valence-corrected chi connectivity index (χ1v) is 19.7.